The number of nitrogens with zero attached hydrogens (tertiary/aromatic N) is 1. The monoisotopic (exact) mass is 299 g/mol. The third kappa shape index (κ3) is 4.44. The Labute approximate surface area is 110 Å². The molecule has 4 nitrogen and oxygen atoms in total. The van der Waals surface area contributed by atoms with Gasteiger partial charge in [-0.05, 0) is 40.9 Å². The predicted molar refractivity (Wildman–Crippen MR) is 72.8 cm³/mol. The summed E-state index contributed by atoms with van der Waals surface area (Å²) in [6.45, 7) is 4.00. The van der Waals surface area contributed by atoms with Crippen molar-refractivity contribution in [2.45, 2.75) is 39.2 Å². The standard InChI is InChI=1S/C12H18BrN3O/c1-3-4-5-10(14)12(17)16-9-6-8(2)11(13)15-7-9/h6-7,10H,3-5,14H2,1-2H3,(H,16,17)/t10-/m0/s1. The first-order valence-corrected chi connectivity index (χ1v) is 6.52. The van der Waals surface area contributed by atoms with Crippen molar-refractivity contribution < 1.29 is 4.79 Å². The van der Waals surface area contributed by atoms with Gasteiger partial charge in [0.1, 0.15) is 4.60 Å². The van der Waals surface area contributed by atoms with Crippen LogP contribution >= 0.6 is 15.9 Å². The summed E-state index contributed by atoms with van der Waals surface area (Å²) in [6.07, 6.45) is 4.33. The molecule has 1 heterocycles. The first-order chi connectivity index (χ1) is 8.04. The largest absolute Gasteiger partial charge is 0.323 e. The smallest absolute Gasteiger partial charge is 0.241 e. The summed E-state index contributed by atoms with van der Waals surface area (Å²) in [7, 11) is 0. The minimum Gasteiger partial charge on any atom is -0.323 e. The van der Waals surface area contributed by atoms with E-state index >= 15 is 0 Å². The average Bonchev–Trinajstić information content (AvgIpc) is 2.30. The van der Waals surface area contributed by atoms with E-state index < -0.39 is 6.04 Å². The molecule has 0 unspecified atom stereocenters. The van der Waals surface area contributed by atoms with Gasteiger partial charge in [0.15, 0.2) is 0 Å². The van der Waals surface area contributed by atoms with Crippen LogP contribution in [0.25, 0.3) is 0 Å². The number of carbonyl (C=O) groups is 1. The van der Waals surface area contributed by atoms with Gasteiger partial charge in [0, 0.05) is 0 Å². The Morgan fingerprint density at radius 3 is 2.94 bits per heavy atom. The molecule has 0 aromatic carbocycles. The maximum atomic E-state index is 11.7. The van der Waals surface area contributed by atoms with Crippen LogP contribution in [0.4, 0.5) is 5.69 Å². The van der Waals surface area contributed by atoms with Gasteiger partial charge in [-0.1, -0.05) is 19.8 Å². The lowest BCUT2D eigenvalue weighted by Gasteiger charge is -2.12. The van der Waals surface area contributed by atoms with Crippen LogP contribution in [0.1, 0.15) is 31.7 Å². The van der Waals surface area contributed by atoms with Crippen molar-refractivity contribution in [2.24, 2.45) is 5.73 Å². The van der Waals surface area contributed by atoms with Crippen molar-refractivity contribution in [1.29, 1.82) is 0 Å². The number of halogens is 1. The molecule has 1 amide bonds. The van der Waals surface area contributed by atoms with Crippen molar-refractivity contribution >= 4 is 27.5 Å². The highest BCUT2D eigenvalue weighted by molar-refractivity contribution is 9.10. The van der Waals surface area contributed by atoms with Gasteiger partial charge < -0.3 is 11.1 Å². The summed E-state index contributed by atoms with van der Waals surface area (Å²) in [5, 5.41) is 2.77. The Morgan fingerprint density at radius 2 is 2.35 bits per heavy atom. The molecule has 1 rings (SSSR count). The Hall–Kier alpha value is -0.940. The van der Waals surface area contributed by atoms with Gasteiger partial charge >= 0.3 is 0 Å². The third-order valence-corrected chi connectivity index (χ3v) is 3.32. The molecule has 0 aliphatic carbocycles. The van der Waals surface area contributed by atoms with Gasteiger partial charge in [0.2, 0.25) is 5.91 Å². The molecule has 0 spiro atoms. The number of pyridine rings is 1. The lowest BCUT2D eigenvalue weighted by atomic mass is 10.1. The summed E-state index contributed by atoms with van der Waals surface area (Å²) < 4.78 is 0.783. The normalized spacial score (nSPS) is 12.2. The van der Waals surface area contributed by atoms with Crippen LogP contribution in [-0.2, 0) is 4.79 Å². The van der Waals surface area contributed by atoms with E-state index in [0.29, 0.717) is 12.1 Å². The first kappa shape index (κ1) is 14.1. The predicted octanol–water partition coefficient (Wildman–Crippen LogP) is 2.61. The molecule has 0 fully saturated rings. The second kappa shape index (κ2) is 6.71. The van der Waals surface area contributed by atoms with E-state index in [1.165, 1.54) is 0 Å². The van der Waals surface area contributed by atoms with E-state index in [9.17, 15) is 4.79 Å². The van der Waals surface area contributed by atoms with Crippen LogP contribution in [0, 0.1) is 6.92 Å². The highest BCUT2D eigenvalue weighted by Gasteiger charge is 2.13. The summed E-state index contributed by atoms with van der Waals surface area (Å²) in [6, 6.07) is 1.42. The third-order valence-electron chi connectivity index (χ3n) is 2.49. The second-order valence-corrected chi connectivity index (χ2v) is 4.82. The summed E-state index contributed by atoms with van der Waals surface area (Å²) in [4.78, 5) is 15.9. The SMILES string of the molecule is CCCC[C@H](N)C(=O)Nc1cnc(Br)c(C)c1. The zero-order valence-corrected chi connectivity index (χ0v) is 11.8. The number of amides is 1. The number of rotatable bonds is 5. The van der Waals surface area contributed by atoms with E-state index in [1.54, 1.807) is 6.20 Å². The van der Waals surface area contributed by atoms with Crippen molar-refractivity contribution in [1.82, 2.24) is 4.98 Å². The summed E-state index contributed by atoms with van der Waals surface area (Å²) in [5.74, 6) is -0.151. The molecule has 1 aromatic rings. The minimum atomic E-state index is -0.445. The van der Waals surface area contributed by atoms with E-state index in [4.69, 9.17) is 5.73 Å². The average molecular weight is 300 g/mol. The van der Waals surface area contributed by atoms with Gasteiger partial charge in [-0.15, -0.1) is 0 Å². The zero-order chi connectivity index (χ0) is 12.8. The number of anilines is 1. The molecule has 17 heavy (non-hydrogen) atoms. The maximum absolute atomic E-state index is 11.7. The number of nitrogens with one attached hydrogen (secondary N) is 1. The van der Waals surface area contributed by atoms with Crippen molar-refractivity contribution in [3.05, 3.63) is 22.4 Å². The number of aromatic nitrogens is 1. The molecule has 0 saturated carbocycles. The minimum absolute atomic E-state index is 0.151. The molecule has 3 N–H and O–H groups in total. The molecule has 0 aliphatic rings. The number of hydrogen-bond acceptors (Lipinski definition) is 3. The quantitative estimate of drug-likeness (QED) is 0.821. The fraction of sp³-hybridized carbons (Fsp3) is 0.500. The second-order valence-electron chi connectivity index (χ2n) is 4.07. The number of unbranched alkanes of at least 4 members (excludes halogenated alkanes) is 1. The van der Waals surface area contributed by atoms with Crippen molar-refractivity contribution in [2.75, 3.05) is 5.32 Å². The molecule has 0 aliphatic heterocycles. The highest BCUT2D eigenvalue weighted by atomic mass is 79.9. The van der Waals surface area contributed by atoms with E-state index in [1.807, 2.05) is 13.0 Å². The van der Waals surface area contributed by atoms with E-state index in [0.717, 1.165) is 23.0 Å². The Morgan fingerprint density at radius 1 is 1.65 bits per heavy atom. The van der Waals surface area contributed by atoms with Crippen LogP contribution in [-0.4, -0.2) is 16.9 Å². The topological polar surface area (TPSA) is 68.0 Å². The number of nitrogens with two attached hydrogens (primary N) is 1. The van der Waals surface area contributed by atoms with Crippen LogP contribution in [0.3, 0.4) is 0 Å². The highest BCUT2D eigenvalue weighted by Crippen LogP contribution is 2.16. The van der Waals surface area contributed by atoms with Crippen LogP contribution in [0.2, 0.25) is 0 Å². The van der Waals surface area contributed by atoms with Gasteiger partial charge in [-0.25, -0.2) is 4.98 Å². The number of carbonyl (C=O) groups excluding carboxylic acids is 1. The lowest BCUT2D eigenvalue weighted by molar-refractivity contribution is -0.117. The lowest BCUT2D eigenvalue weighted by Crippen LogP contribution is -2.35. The van der Waals surface area contributed by atoms with Crippen LogP contribution in [0.15, 0.2) is 16.9 Å². The Kier molecular flexibility index (Phi) is 5.58. The van der Waals surface area contributed by atoms with Gasteiger partial charge in [-0.3, -0.25) is 4.79 Å². The summed E-state index contributed by atoms with van der Waals surface area (Å²) in [5.41, 5.74) is 7.44. The fourth-order valence-corrected chi connectivity index (χ4v) is 1.63. The maximum Gasteiger partial charge on any atom is 0.241 e. The Balaban J connectivity index is 2.58. The van der Waals surface area contributed by atoms with Crippen LogP contribution < -0.4 is 11.1 Å². The molecular weight excluding hydrogens is 282 g/mol. The van der Waals surface area contributed by atoms with Crippen LogP contribution in [0.5, 0.6) is 0 Å². The van der Waals surface area contributed by atoms with Crippen molar-refractivity contribution in [3.63, 3.8) is 0 Å². The molecule has 1 aromatic heterocycles. The molecule has 0 bridgehead atoms. The Bertz CT molecular complexity index is 395. The van der Waals surface area contributed by atoms with E-state index in [-0.39, 0.29) is 5.91 Å². The summed E-state index contributed by atoms with van der Waals surface area (Å²) >= 11 is 3.31. The number of hydrogen-bond donors (Lipinski definition) is 2. The zero-order valence-electron chi connectivity index (χ0n) is 10.2. The molecule has 5 heteroatoms. The van der Waals surface area contributed by atoms with Gasteiger partial charge in [0.05, 0.1) is 17.9 Å². The van der Waals surface area contributed by atoms with Gasteiger partial charge in [-0.2, -0.15) is 0 Å². The molecular formula is C12H18BrN3O. The van der Waals surface area contributed by atoms with Crippen molar-refractivity contribution in [3.8, 4) is 0 Å². The van der Waals surface area contributed by atoms with Gasteiger partial charge in [0.25, 0.3) is 0 Å². The number of aryl methyl sites for hydroxylation is 1. The van der Waals surface area contributed by atoms with E-state index in [2.05, 4.69) is 33.2 Å². The molecule has 94 valence electrons. The molecule has 0 radical (unpaired) electrons. The molecule has 0 saturated heterocycles. The molecule has 1 atom stereocenters. The first-order valence-electron chi connectivity index (χ1n) is 5.73. The fourth-order valence-electron chi connectivity index (χ4n) is 1.42.